The van der Waals surface area contributed by atoms with Gasteiger partial charge in [-0.1, -0.05) is 26.0 Å². The predicted octanol–water partition coefficient (Wildman–Crippen LogP) is 4.30. The molecule has 5 rings (SSSR count). The quantitative estimate of drug-likeness (QED) is 0.596. The number of nitriles is 1. The van der Waals surface area contributed by atoms with E-state index in [0.717, 1.165) is 69.5 Å². The lowest BCUT2D eigenvalue weighted by Gasteiger charge is -2.50. The van der Waals surface area contributed by atoms with E-state index >= 15 is 0 Å². The van der Waals surface area contributed by atoms with Crippen molar-refractivity contribution in [2.45, 2.75) is 58.4 Å². The van der Waals surface area contributed by atoms with Gasteiger partial charge in [-0.15, -0.1) is 0 Å². The molecule has 2 saturated heterocycles. The van der Waals surface area contributed by atoms with E-state index < -0.39 is 0 Å². The Kier molecular flexibility index (Phi) is 7.61. The molecule has 0 atom stereocenters. The standard InChI is InChI=1S/C30H38N6O3/c1-21(37)35-12-14-36(15-13-35)30(10-16-39-17-11-30)23-4-5-26(34-28(38)27-32-20-24(19-31)33-27)25(18-23)22-6-8-29(2,3)9-7-22/h4-6,18,20H,7-17H2,1-3H3,(H,32,33)(H,34,38). The number of nitrogens with zero attached hydrogens (tertiary/aromatic N) is 4. The SMILES string of the molecule is CC(=O)N1CCN(C2(c3ccc(NC(=O)c4ncc(C#N)[nH]4)c(C4=CCC(C)(C)CC4)c3)CCOCC2)CC1. The molecule has 0 saturated carbocycles. The molecule has 2 amide bonds. The number of aromatic nitrogens is 2. The van der Waals surface area contributed by atoms with E-state index in [2.05, 4.69) is 52.2 Å². The fourth-order valence-electron chi connectivity index (χ4n) is 6.15. The number of ether oxygens (including phenoxy) is 1. The van der Waals surface area contributed by atoms with Crippen LogP contribution in [0.2, 0.25) is 0 Å². The van der Waals surface area contributed by atoms with Gasteiger partial charge in [-0.05, 0) is 60.8 Å². The molecule has 0 bridgehead atoms. The van der Waals surface area contributed by atoms with Gasteiger partial charge in [-0.3, -0.25) is 14.5 Å². The summed E-state index contributed by atoms with van der Waals surface area (Å²) in [6.45, 7) is 10.7. The highest BCUT2D eigenvalue weighted by atomic mass is 16.5. The van der Waals surface area contributed by atoms with Gasteiger partial charge in [0.15, 0.2) is 5.82 Å². The second-order valence-corrected chi connectivity index (χ2v) is 11.7. The summed E-state index contributed by atoms with van der Waals surface area (Å²) in [4.78, 5) is 36.3. The summed E-state index contributed by atoms with van der Waals surface area (Å²) in [5.74, 6) is -0.128. The van der Waals surface area contributed by atoms with Crippen LogP contribution in [0.15, 0.2) is 30.5 Å². The monoisotopic (exact) mass is 530 g/mol. The zero-order valence-electron chi connectivity index (χ0n) is 23.2. The third-order valence-corrected chi connectivity index (χ3v) is 8.68. The molecule has 0 spiro atoms. The maximum Gasteiger partial charge on any atom is 0.291 e. The minimum atomic E-state index is -0.372. The Morgan fingerprint density at radius 3 is 2.49 bits per heavy atom. The van der Waals surface area contributed by atoms with Gasteiger partial charge in [0.2, 0.25) is 5.91 Å². The van der Waals surface area contributed by atoms with Crippen LogP contribution in [0.3, 0.4) is 0 Å². The molecule has 206 valence electrons. The van der Waals surface area contributed by atoms with Crippen molar-refractivity contribution in [2.75, 3.05) is 44.7 Å². The first-order valence-electron chi connectivity index (χ1n) is 13.9. The van der Waals surface area contributed by atoms with Crippen LogP contribution in [-0.4, -0.2) is 71.0 Å². The third kappa shape index (κ3) is 5.63. The Morgan fingerprint density at radius 2 is 1.87 bits per heavy atom. The van der Waals surface area contributed by atoms with Crippen LogP contribution in [0, 0.1) is 16.7 Å². The molecule has 1 aromatic heterocycles. The number of allylic oxidation sites excluding steroid dienone is 2. The number of hydrogen-bond donors (Lipinski definition) is 2. The molecule has 1 aliphatic carbocycles. The first kappa shape index (κ1) is 27.1. The van der Waals surface area contributed by atoms with Crippen LogP contribution >= 0.6 is 0 Å². The number of hydrogen-bond acceptors (Lipinski definition) is 6. The predicted molar refractivity (Wildman–Crippen MR) is 149 cm³/mol. The zero-order chi connectivity index (χ0) is 27.6. The lowest BCUT2D eigenvalue weighted by molar-refractivity contribution is -0.132. The van der Waals surface area contributed by atoms with Crippen molar-refractivity contribution in [2.24, 2.45) is 5.41 Å². The number of anilines is 1. The molecule has 2 N–H and O–H groups in total. The minimum absolute atomic E-state index is 0.115. The van der Waals surface area contributed by atoms with Gasteiger partial charge in [-0.2, -0.15) is 5.26 Å². The van der Waals surface area contributed by atoms with Crippen LogP contribution in [0.1, 0.15) is 80.3 Å². The second-order valence-electron chi connectivity index (χ2n) is 11.7. The maximum atomic E-state index is 13.1. The van der Waals surface area contributed by atoms with Gasteiger partial charge < -0.3 is 19.9 Å². The molecule has 2 aliphatic heterocycles. The molecule has 3 aliphatic rings. The number of benzene rings is 1. The number of aromatic amines is 1. The van der Waals surface area contributed by atoms with Crippen molar-refractivity contribution in [3.63, 3.8) is 0 Å². The molecule has 39 heavy (non-hydrogen) atoms. The molecule has 0 radical (unpaired) electrons. The number of piperazine rings is 1. The highest BCUT2D eigenvalue weighted by Crippen LogP contribution is 2.44. The second kappa shape index (κ2) is 10.9. The number of imidazole rings is 1. The molecule has 2 fully saturated rings. The number of H-pyrrole nitrogens is 1. The number of rotatable bonds is 5. The average Bonchev–Trinajstić information content (AvgIpc) is 3.44. The Hall–Kier alpha value is -3.48. The molecular formula is C30H38N6O3. The van der Waals surface area contributed by atoms with Crippen LogP contribution in [0.4, 0.5) is 5.69 Å². The lowest BCUT2D eigenvalue weighted by Crippen LogP contribution is -2.57. The highest BCUT2D eigenvalue weighted by Gasteiger charge is 2.42. The smallest absolute Gasteiger partial charge is 0.291 e. The largest absolute Gasteiger partial charge is 0.381 e. The number of carbonyl (C=O) groups excluding carboxylic acids is 2. The summed E-state index contributed by atoms with van der Waals surface area (Å²) >= 11 is 0. The number of amides is 2. The van der Waals surface area contributed by atoms with E-state index in [-0.39, 0.29) is 34.3 Å². The Balaban J connectivity index is 1.51. The number of nitrogens with one attached hydrogen (secondary N) is 2. The Morgan fingerprint density at radius 1 is 1.13 bits per heavy atom. The fourth-order valence-corrected chi connectivity index (χ4v) is 6.15. The normalized spacial score (nSPS) is 21.1. The zero-order valence-corrected chi connectivity index (χ0v) is 23.2. The van der Waals surface area contributed by atoms with E-state index in [1.807, 2.05) is 17.0 Å². The maximum absolute atomic E-state index is 13.1. The first-order valence-corrected chi connectivity index (χ1v) is 13.9. The molecule has 1 aromatic carbocycles. The first-order chi connectivity index (χ1) is 18.7. The van der Waals surface area contributed by atoms with Gasteiger partial charge in [0.25, 0.3) is 5.91 Å². The Bertz CT molecular complexity index is 1310. The molecule has 3 heterocycles. The molecule has 9 nitrogen and oxygen atoms in total. The summed E-state index contributed by atoms with van der Waals surface area (Å²) in [6.07, 6.45) is 8.45. The molecule has 9 heteroatoms. The minimum Gasteiger partial charge on any atom is -0.381 e. The molecule has 0 unspecified atom stereocenters. The number of carbonyl (C=O) groups is 2. The van der Waals surface area contributed by atoms with Gasteiger partial charge in [0.05, 0.1) is 11.7 Å². The van der Waals surface area contributed by atoms with E-state index in [1.54, 1.807) is 6.92 Å². The van der Waals surface area contributed by atoms with Gasteiger partial charge in [-0.25, -0.2) is 4.98 Å². The van der Waals surface area contributed by atoms with E-state index in [0.29, 0.717) is 13.2 Å². The third-order valence-electron chi connectivity index (χ3n) is 8.68. The van der Waals surface area contributed by atoms with Crippen molar-refractivity contribution >= 4 is 23.1 Å². The summed E-state index contributed by atoms with van der Waals surface area (Å²) in [7, 11) is 0. The summed E-state index contributed by atoms with van der Waals surface area (Å²) < 4.78 is 5.81. The summed E-state index contributed by atoms with van der Waals surface area (Å²) in [5.41, 5.74) is 4.57. The van der Waals surface area contributed by atoms with E-state index in [4.69, 9.17) is 10.00 Å². The highest BCUT2D eigenvalue weighted by molar-refractivity contribution is 6.03. The summed E-state index contributed by atoms with van der Waals surface area (Å²) in [6, 6.07) is 8.40. The van der Waals surface area contributed by atoms with Crippen molar-refractivity contribution in [3.8, 4) is 6.07 Å². The van der Waals surface area contributed by atoms with Crippen molar-refractivity contribution < 1.29 is 14.3 Å². The van der Waals surface area contributed by atoms with E-state index in [1.165, 1.54) is 17.3 Å². The van der Waals surface area contributed by atoms with Crippen LogP contribution in [0.5, 0.6) is 0 Å². The van der Waals surface area contributed by atoms with E-state index in [9.17, 15) is 9.59 Å². The Labute approximate surface area is 230 Å². The molecule has 2 aromatic rings. The van der Waals surface area contributed by atoms with Crippen LogP contribution in [-0.2, 0) is 15.1 Å². The molecular weight excluding hydrogens is 492 g/mol. The fraction of sp³-hybridized carbons (Fsp3) is 0.533. The topological polar surface area (TPSA) is 114 Å². The van der Waals surface area contributed by atoms with Crippen LogP contribution < -0.4 is 5.32 Å². The van der Waals surface area contributed by atoms with Crippen molar-refractivity contribution in [1.82, 2.24) is 19.8 Å². The lowest BCUT2D eigenvalue weighted by atomic mass is 9.75. The van der Waals surface area contributed by atoms with Crippen molar-refractivity contribution in [3.05, 3.63) is 53.1 Å². The van der Waals surface area contributed by atoms with Crippen LogP contribution in [0.25, 0.3) is 5.57 Å². The van der Waals surface area contributed by atoms with Gasteiger partial charge in [0, 0.05) is 57.6 Å². The summed E-state index contributed by atoms with van der Waals surface area (Å²) in [5, 5.41) is 12.2. The van der Waals surface area contributed by atoms with Crippen molar-refractivity contribution in [1.29, 1.82) is 5.26 Å². The van der Waals surface area contributed by atoms with Gasteiger partial charge >= 0.3 is 0 Å². The average molecular weight is 531 g/mol. The van der Waals surface area contributed by atoms with Gasteiger partial charge in [0.1, 0.15) is 11.8 Å².